The van der Waals surface area contributed by atoms with Gasteiger partial charge in [-0.2, -0.15) is 4.31 Å². The van der Waals surface area contributed by atoms with E-state index >= 15 is 0 Å². The second-order valence-electron chi connectivity index (χ2n) is 6.05. The number of rotatable bonds is 5. The van der Waals surface area contributed by atoms with Crippen molar-refractivity contribution in [1.29, 1.82) is 0 Å². The zero-order chi connectivity index (χ0) is 16.4. The molecule has 22 heavy (non-hydrogen) atoms. The zero-order valence-corrected chi connectivity index (χ0v) is 14.4. The standard InChI is InChI=1S/C14H26N2O5S/c1-4-12(2)16(22(3,18)19)11-13(17)15-7-5-14(6-8-15)20-9-10-21-14/h12H,4-11H2,1-3H3. The van der Waals surface area contributed by atoms with Crippen LogP contribution < -0.4 is 0 Å². The molecule has 1 amide bonds. The lowest BCUT2D eigenvalue weighted by Crippen LogP contribution is -2.51. The first kappa shape index (κ1) is 17.7. The topological polar surface area (TPSA) is 76.2 Å². The molecule has 2 aliphatic rings. The number of sulfonamides is 1. The molecule has 0 aliphatic carbocycles. The lowest BCUT2D eigenvalue weighted by Gasteiger charge is -2.38. The van der Waals surface area contributed by atoms with Crippen molar-refractivity contribution in [2.24, 2.45) is 0 Å². The molecule has 7 nitrogen and oxygen atoms in total. The zero-order valence-electron chi connectivity index (χ0n) is 13.6. The van der Waals surface area contributed by atoms with Crippen LogP contribution in [-0.4, -0.2) is 74.5 Å². The molecule has 1 spiro atoms. The summed E-state index contributed by atoms with van der Waals surface area (Å²) in [5.74, 6) is -0.678. The number of carbonyl (C=O) groups excluding carboxylic acids is 1. The quantitative estimate of drug-likeness (QED) is 0.728. The van der Waals surface area contributed by atoms with E-state index in [4.69, 9.17) is 9.47 Å². The average molecular weight is 334 g/mol. The van der Waals surface area contributed by atoms with E-state index in [0.29, 0.717) is 45.6 Å². The van der Waals surface area contributed by atoms with Crippen molar-refractivity contribution in [3.05, 3.63) is 0 Å². The van der Waals surface area contributed by atoms with Crippen molar-refractivity contribution >= 4 is 15.9 Å². The SMILES string of the molecule is CCC(C)N(CC(=O)N1CCC2(CC1)OCCO2)S(C)(=O)=O. The van der Waals surface area contributed by atoms with Gasteiger partial charge in [0.2, 0.25) is 15.9 Å². The molecule has 2 rings (SSSR count). The summed E-state index contributed by atoms with van der Waals surface area (Å²) in [4.78, 5) is 14.1. The van der Waals surface area contributed by atoms with Gasteiger partial charge in [0.25, 0.3) is 0 Å². The van der Waals surface area contributed by atoms with Gasteiger partial charge in [-0.05, 0) is 13.3 Å². The predicted molar refractivity (Wildman–Crippen MR) is 81.8 cm³/mol. The molecule has 1 unspecified atom stereocenters. The van der Waals surface area contributed by atoms with Crippen LogP contribution in [0.4, 0.5) is 0 Å². The molecule has 128 valence electrons. The van der Waals surface area contributed by atoms with Crippen molar-refractivity contribution < 1.29 is 22.7 Å². The van der Waals surface area contributed by atoms with E-state index in [1.54, 1.807) is 4.90 Å². The van der Waals surface area contributed by atoms with E-state index in [2.05, 4.69) is 0 Å². The molecule has 0 saturated carbocycles. The molecule has 2 heterocycles. The molecule has 0 aromatic rings. The molecule has 0 radical (unpaired) electrons. The van der Waals surface area contributed by atoms with Gasteiger partial charge in [0.05, 0.1) is 26.0 Å². The monoisotopic (exact) mass is 334 g/mol. The van der Waals surface area contributed by atoms with Gasteiger partial charge in [0, 0.05) is 32.0 Å². The van der Waals surface area contributed by atoms with E-state index < -0.39 is 15.8 Å². The first-order chi connectivity index (χ1) is 10.3. The van der Waals surface area contributed by atoms with E-state index in [-0.39, 0.29) is 18.5 Å². The lowest BCUT2D eigenvalue weighted by molar-refractivity contribution is -0.187. The third-order valence-corrected chi connectivity index (χ3v) is 5.83. The number of piperidine rings is 1. The Kier molecular flexibility index (Phi) is 5.47. The minimum absolute atomic E-state index is 0.0947. The van der Waals surface area contributed by atoms with Gasteiger partial charge >= 0.3 is 0 Å². The molecule has 2 saturated heterocycles. The molecule has 2 aliphatic heterocycles. The number of ether oxygens (including phenoxy) is 2. The van der Waals surface area contributed by atoms with Crippen LogP contribution in [-0.2, 0) is 24.3 Å². The number of nitrogens with zero attached hydrogens (tertiary/aromatic N) is 2. The Morgan fingerprint density at radius 1 is 1.27 bits per heavy atom. The van der Waals surface area contributed by atoms with Gasteiger partial charge in [-0.25, -0.2) is 8.42 Å². The molecule has 1 atom stereocenters. The van der Waals surface area contributed by atoms with Crippen molar-refractivity contribution in [3.63, 3.8) is 0 Å². The number of likely N-dealkylation sites (tertiary alicyclic amines) is 1. The van der Waals surface area contributed by atoms with Gasteiger partial charge < -0.3 is 14.4 Å². The highest BCUT2D eigenvalue weighted by molar-refractivity contribution is 7.88. The smallest absolute Gasteiger partial charge is 0.237 e. The summed E-state index contributed by atoms with van der Waals surface area (Å²) in [7, 11) is -3.40. The Labute approximate surface area is 132 Å². The summed E-state index contributed by atoms with van der Waals surface area (Å²) in [6.07, 6.45) is 3.10. The van der Waals surface area contributed by atoms with E-state index in [1.807, 2.05) is 13.8 Å². The normalized spacial score (nSPS) is 23.2. The maximum atomic E-state index is 12.4. The van der Waals surface area contributed by atoms with Crippen molar-refractivity contribution in [3.8, 4) is 0 Å². The summed E-state index contributed by atoms with van der Waals surface area (Å²) in [5.41, 5.74) is 0. The molecule has 2 fully saturated rings. The first-order valence-corrected chi connectivity index (χ1v) is 9.65. The average Bonchev–Trinajstić information content (AvgIpc) is 2.91. The van der Waals surface area contributed by atoms with Crippen molar-refractivity contribution in [2.45, 2.75) is 44.9 Å². The van der Waals surface area contributed by atoms with Crippen LogP contribution in [0.3, 0.4) is 0 Å². The van der Waals surface area contributed by atoms with Gasteiger partial charge in [-0.1, -0.05) is 6.92 Å². The number of amides is 1. The fourth-order valence-corrected chi connectivity index (χ4v) is 4.07. The predicted octanol–water partition coefficient (Wildman–Crippen LogP) is 0.412. The molecular formula is C14H26N2O5S. The second kappa shape index (κ2) is 6.82. The van der Waals surface area contributed by atoms with E-state index in [9.17, 15) is 13.2 Å². The Bertz CT molecular complexity index is 491. The van der Waals surface area contributed by atoms with Gasteiger partial charge in [0.15, 0.2) is 5.79 Å². The summed E-state index contributed by atoms with van der Waals surface area (Å²) in [6.45, 7) is 5.91. The highest BCUT2D eigenvalue weighted by Gasteiger charge is 2.41. The number of hydrogen-bond donors (Lipinski definition) is 0. The van der Waals surface area contributed by atoms with Crippen molar-refractivity contribution in [1.82, 2.24) is 9.21 Å². The molecule has 0 aromatic carbocycles. The summed E-state index contributed by atoms with van der Waals surface area (Å²) in [6, 6.07) is -0.184. The van der Waals surface area contributed by atoms with Crippen LogP contribution in [0, 0.1) is 0 Å². The van der Waals surface area contributed by atoms with Crippen LogP contribution in [0.15, 0.2) is 0 Å². The van der Waals surface area contributed by atoms with Crippen LogP contribution in [0.2, 0.25) is 0 Å². The summed E-state index contributed by atoms with van der Waals surface area (Å²) < 4.78 is 36.3. The van der Waals surface area contributed by atoms with Crippen LogP contribution in [0.5, 0.6) is 0 Å². The minimum atomic E-state index is -3.40. The fraction of sp³-hybridized carbons (Fsp3) is 0.929. The fourth-order valence-electron chi connectivity index (χ4n) is 2.92. The number of carbonyl (C=O) groups is 1. The second-order valence-corrected chi connectivity index (χ2v) is 7.99. The van der Waals surface area contributed by atoms with Crippen LogP contribution in [0.25, 0.3) is 0 Å². The van der Waals surface area contributed by atoms with Crippen LogP contribution >= 0.6 is 0 Å². The number of hydrogen-bond acceptors (Lipinski definition) is 5. The Hall–Kier alpha value is -0.700. The van der Waals surface area contributed by atoms with E-state index in [1.165, 1.54) is 4.31 Å². The largest absolute Gasteiger partial charge is 0.347 e. The van der Waals surface area contributed by atoms with Crippen molar-refractivity contribution in [2.75, 3.05) is 39.1 Å². The highest BCUT2D eigenvalue weighted by atomic mass is 32.2. The third-order valence-electron chi connectivity index (χ3n) is 4.49. The Morgan fingerprint density at radius 3 is 2.27 bits per heavy atom. The molecule has 8 heteroatoms. The first-order valence-electron chi connectivity index (χ1n) is 7.80. The van der Waals surface area contributed by atoms with Gasteiger partial charge in [0.1, 0.15) is 0 Å². The molecule has 0 aromatic heterocycles. The summed E-state index contributed by atoms with van der Waals surface area (Å²) >= 11 is 0. The maximum Gasteiger partial charge on any atom is 0.237 e. The maximum absolute atomic E-state index is 12.4. The minimum Gasteiger partial charge on any atom is -0.347 e. The van der Waals surface area contributed by atoms with Gasteiger partial charge in [-0.15, -0.1) is 0 Å². The van der Waals surface area contributed by atoms with E-state index in [0.717, 1.165) is 6.26 Å². The highest BCUT2D eigenvalue weighted by Crippen LogP contribution is 2.31. The lowest BCUT2D eigenvalue weighted by atomic mass is 10.0. The molecule has 0 N–H and O–H groups in total. The van der Waals surface area contributed by atoms with Gasteiger partial charge in [-0.3, -0.25) is 4.79 Å². The molecular weight excluding hydrogens is 308 g/mol. The third kappa shape index (κ3) is 3.98. The van der Waals surface area contributed by atoms with Crippen LogP contribution in [0.1, 0.15) is 33.1 Å². The summed E-state index contributed by atoms with van der Waals surface area (Å²) in [5, 5.41) is 0. The molecule has 0 bridgehead atoms. The Morgan fingerprint density at radius 2 is 1.82 bits per heavy atom. The Balaban J connectivity index is 1.94.